The molecule has 1 saturated heterocycles. The molecular weight excluding hydrogens is 420 g/mol. The first-order valence-electron chi connectivity index (χ1n) is 9.15. The predicted octanol–water partition coefficient (Wildman–Crippen LogP) is 2.67. The fourth-order valence-electron chi connectivity index (χ4n) is 3.03. The van der Waals surface area contributed by atoms with Crippen LogP contribution in [0.1, 0.15) is 17.2 Å². The molecule has 1 aliphatic rings. The number of benzene rings is 1. The van der Waals surface area contributed by atoms with Crippen LogP contribution in [0.25, 0.3) is 11.7 Å². The molecule has 0 bridgehead atoms. The van der Waals surface area contributed by atoms with Crippen molar-refractivity contribution in [3.8, 4) is 0 Å². The summed E-state index contributed by atoms with van der Waals surface area (Å²) < 4.78 is 1.84. The first-order valence-corrected chi connectivity index (χ1v) is 10.4. The van der Waals surface area contributed by atoms with Gasteiger partial charge in [0.25, 0.3) is 11.5 Å². The molecule has 0 aliphatic carbocycles. The standard InChI is InChI=1S/C21H18N4O3S2/c1-24-20(28)16(30-21(24)29)11-14-18(22-12-15(26)13-7-3-2-4-8-13)23-17-9-5-6-10-25(17)19(14)27/h2-11,15,22,26H,12H2,1H3/b16-11-. The minimum absolute atomic E-state index is 0.148. The maximum atomic E-state index is 13.1. The van der Waals surface area contributed by atoms with Crippen LogP contribution >= 0.6 is 24.0 Å². The van der Waals surface area contributed by atoms with Crippen molar-refractivity contribution in [2.45, 2.75) is 6.10 Å². The Bertz CT molecular complexity index is 1220. The highest BCUT2D eigenvalue weighted by Gasteiger charge is 2.29. The van der Waals surface area contributed by atoms with E-state index in [1.165, 1.54) is 15.4 Å². The number of thiocarbonyl (C=S) groups is 1. The van der Waals surface area contributed by atoms with E-state index in [0.29, 0.717) is 20.7 Å². The van der Waals surface area contributed by atoms with E-state index in [9.17, 15) is 14.7 Å². The number of fused-ring (bicyclic) bond motifs is 1. The van der Waals surface area contributed by atoms with E-state index in [1.54, 1.807) is 31.4 Å². The fraction of sp³-hybridized carbons (Fsp3) is 0.143. The van der Waals surface area contributed by atoms with Crippen LogP contribution in [0.4, 0.5) is 5.82 Å². The van der Waals surface area contributed by atoms with Crippen molar-refractivity contribution < 1.29 is 9.90 Å². The molecule has 2 aromatic heterocycles. The molecule has 1 aliphatic heterocycles. The number of pyridine rings is 1. The quantitative estimate of drug-likeness (QED) is 0.468. The lowest BCUT2D eigenvalue weighted by Crippen LogP contribution is -2.24. The summed E-state index contributed by atoms with van der Waals surface area (Å²) >= 11 is 6.31. The van der Waals surface area contributed by atoms with Gasteiger partial charge in [-0.3, -0.25) is 18.9 Å². The largest absolute Gasteiger partial charge is 0.387 e. The van der Waals surface area contributed by atoms with Gasteiger partial charge < -0.3 is 10.4 Å². The first kappa shape index (κ1) is 20.3. The van der Waals surface area contributed by atoms with Gasteiger partial charge in [-0.05, 0) is 23.8 Å². The highest BCUT2D eigenvalue weighted by atomic mass is 32.2. The second-order valence-corrected chi connectivity index (χ2v) is 8.33. The molecule has 1 unspecified atom stereocenters. The number of aliphatic hydroxyl groups excluding tert-OH is 1. The molecular formula is C21H18N4O3S2. The number of rotatable bonds is 5. The van der Waals surface area contributed by atoms with Gasteiger partial charge in [-0.1, -0.05) is 60.4 Å². The van der Waals surface area contributed by atoms with E-state index >= 15 is 0 Å². The highest BCUT2D eigenvalue weighted by molar-refractivity contribution is 8.26. The van der Waals surface area contributed by atoms with Crippen LogP contribution < -0.4 is 10.9 Å². The first-order chi connectivity index (χ1) is 14.5. The van der Waals surface area contributed by atoms with Gasteiger partial charge in [0.2, 0.25) is 0 Å². The molecule has 1 fully saturated rings. The predicted molar refractivity (Wildman–Crippen MR) is 122 cm³/mol. The van der Waals surface area contributed by atoms with Gasteiger partial charge in [0.1, 0.15) is 15.8 Å². The maximum absolute atomic E-state index is 13.1. The third-order valence-electron chi connectivity index (χ3n) is 4.68. The van der Waals surface area contributed by atoms with Gasteiger partial charge in [-0.15, -0.1) is 0 Å². The Morgan fingerprint density at radius 2 is 1.93 bits per heavy atom. The number of hydrogen-bond acceptors (Lipinski definition) is 7. The Kier molecular flexibility index (Phi) is 5.67. The number of carbonyl (C=O) groups is 1. The van der Waals surface area contributed by atoms with Gasteiger partial charge in [0.05, 0.1) is 16.6 Å². The lowest BCUT2D eigenvalue weighted by Gasteiger charge is -2.15. The molecule has 2 N–H and O–H groups in total. The molecule has 30 heavy (non-hydrogen) atoms. The Morgan fingerprint density at radius 3 is 2.63 bits per heavy atom. The Morgan fingerprint density at radius 1 is 1.20 bits per heavy atom. The second-order valence-electron chi connectivity index (χ2n) is 6.66. The van der Waals surface area contributed by atoms with Crippen LogP contribution in [0.2, 0.25) is 0 Å². The van der Waals surface area contributed by atoms with Crippen molar-refractivity contribution in [1.82, 2.24) is 14.3 Å². The highest BCUT2D eigenvalue weighted by Crippen LogP contribution is 2.32. The lowest BCUT2D eigenvalue weighted by molar-refractivity contribution is -0.121. The van der Waals surface area contributed by atoms with Gasteiger partial charge >= 0.3 is 0 Å². The molecule has 4 rings (SSSR count). The molecule has 1 aromatic carbocycles. The molecule has 3 aromatic rings. The fourth-order valence-corrected chi connectivity index (χ4v) is 4.19. The summed E-state index contributed by atoms with van der Waals surface area (Å²) in [5.74, 6) is 0.0281. The summed E-state index contributed by atoms with van der Waals surface area (Å²) in [6, 6.07) is 14.4. The van der Waals surface area contributed by atoms with Crippen molar-refractivity contribution in [2.24, 2.45) is 0 Å². The van der Waals surface area contributed by atoms with E-state index in [1.807, 2.05) is 30.3 Å². The van der Waals surface area contributed by atoms with Crippen LogP contribution in [0.5, 0.6) is 0 Å². The van der Waals surface area contributed by atoms with Crippen molar-refractivity contribution in [1.29, 1.82) is 0 Å². The molecule has 1 atom stereocenters. The van der Waals surface area contributed by atoms with Crippen LogP contribution in [0.3, 0.4) is 0 Å². The Hall–Kier alpha value is -3.01. The monoisotopic (exact) mass is 438 g/mol. The Balaban J connectivity index is 1.74. The van der Waals surface area contributed by atoms with Crippen LogP contribution in [0.15, 0.2) is 64.4 Å². The smallest absolute Gasteiger partial charge is 0.267 e. The van der Waals surface area contributed by atoms with Crippen LogP contribution in [-0.4, -0.2) is 43.2 Å². The van der Waals surface area contributed by atoms with Crippen molar-refractivity contribution in [3.05, 3.63) is 81.1 Å². The van der Waals surface area contributed by atoms with Gasteiger partial charge in [0.15, 0.2) is 0 Å². The minimum Gasteiger partial charge on any atom is -0.387 e. The van der Waals surface area contributed by atoms with E-state index < -0.39 is 6.10 Å². The molecule has 7 nitrogen and oxygen atoms in total. The average molecular weight is 439 g/mol. The summed E-state index contributed by atoms with van der Waals surface area (Å²) in [4.78, 5) is 31.8. The van der Waals surface area contributed by atoms with E-state index in [0.717, 1.165) is 17.3 Å². The second kappa shape index (κ2) is 8.39. The molecule has 0 radical (unpaired) electrons. The summed E-state index contributed by atoms with van der Waals surface area (Å²) in [5, 5.41) is 13.5. The van der Waals surface area contributed by atoms with Gasteiger partial charge in [-0.25, -0.2) is 4.98 Å². The normalized spacial score (nSPS) is 16.5. The summed E-state index contributed by atoms with van der Waals surface area (Å²) in [7, 11) is 1.60. The average Bonchev–Trinajstić information content (AvgIpc) is 3.01. The zero-order chi connectivity index (χ0) is 21.3. The number of thioether (sulfide) groups is 1. The molecule has 3 heterocycles. The number of nitrogens with one attached hydrogen (secondary N) is 1. The minimum atomic E-state index is -0.788. The van der Waals surface area contributed by atoms with Crippen LogP contribution in [0, 0.1) is 0 Å². The summed E-state index contributed by atoms with van der Waals surface area (Å²) in [6.45, 7) is 0.148. The van der Waals surface area contributed by atoms with Crippen molar-refractivity contribution >= 4 is 51.7 Å². The van der Waals surface area contributed by atoms with Crippen molar-refractivity contribution in [3.63, 3.8) is 0 Å². The van der Waals surface area contributed by atoms with Gasteiger partial charge in [-0.2, -0.15) is 0 Å². The molecule has 152 valence electrons. The Labute approximate surface area is 182 Å². The maximum Gasteiger partial charge on any atom is 0.267 e. The lowest BCUT2D eigenvalue weighted by atomic mass is 10.1. The van der Waals surface area contributed by atoms with Crippen LogP contribution in [-0.2, 0) is 4.79 Å². The molecule has 9 heteroatoms. The topological polar surface area (TPSA) is 86.9 Å². The summed E-state index contributed by atoms with van der Waals surface area (Å²) in [6.07, 6.45) is 2.34. The van der Waals surface area contributed by atoms with Gasteiger partial charge in [0, 0.05) is 19.8 Å². The zero-order valence-corrected chi connectivity index (χ0v) is 17.6. The number of amides is 1. The number of carbonyl (C=O) groups excluding carboxylic acids is 1. The molecule has 1 amide bonds. The number of aliphatic hydroxyl groups is 1. The number of anilines is 1. The number of likely N-dealkylation sites (N-methyl/N-ethyl adjacent to an activating group) is 1. The molecule has 0 saturated carbocycles. The van der Waals surface area contributed by atoms with Crippen molar-refractivity contribution in [2.75, 3.05) is 18.9 Å². The third kappa shape index (κ3) is 3.87. The zero-order valence-electron chi connectivity index (χ0n) is 16.0. The van der Waals surface area contributed by atoms with E-state index in [4.69, 9.17) is 12.2 Å². The number of hydrogen-bond donors (Lipinski definition) is 2. The number of nitrogens with zero attached hydrogens (tertiary/aromatic N) is 3. The van der Waals surface area contributed by atoms with E-state index in [-0.39, 0.29) is 23.6 Å². The summed E-state index contributed by atoms with van der Waals surface area (Å²) in [5.41, 5.74) is 1.11. The molecule has 0 spiro atoms. The SMILES string of the molecule is CN1C(=O)/C(=C/c2c(NCC(O)c3ccccc3)nc3ccccn3c2=O)SC1=S. The third-order valence-corrected chi connectivity index (χ3v) is 6.16. The number of aromatic nitrogens is 2. The van der Waals surface area contributed by atoms with E-state index in [2.05, 4.69) is 10.3 Å².